The normalized spacial score (nSPS) is 10.8. The van der Waals surface area contributed by atoms with Crippen molar-refractivity contribution in [2.75, 3.05) is 32.8 Å². The molecule has 0 atom stereocenters. The average Bonchev–Trinajstić information content (AvgIpc) is 2.46. The third-order valence-electron chi connectivity index (χ3n) is 3.03. The van der Waals surface area contributed by atoms with Crippen molar-refractivity contribution in [3.05, 3.63) is 31.3 Å². The Labute approximate surface area is 139 Å². The van der Waals surface area contributed by atoms with Gasteiger partial charge >= 0.3 is 0 Å². The minimum absolute atomic E-state index is 0. The van der Waals surface area contributed by atoms with Gasteiger partial charge in [0.1, 0.15) is 0 Å². The first-order chi connectivity index (χ1) is 9.74. The molecule has 0 aliphatic rings. The summed E-state index contributed by atoms with van der Waals surface area (Å²) < 4.78 is 5.49. The standard InChI is InChI=1S/C10H19N9O.3CH4/c1-2-20-9-10(3-6-14-17-11,4-7-15-18-12)5-8-16-19-13;;;/h2-9H2,1H3;3*1H4. The molecule has 0 saturated carbocycles. The maximum Gasteiger partial charge on any atom is 0.0522 e. The van der Waals surface area contributed by atoms with Crippen LogP contribution in [0.15, 0.2) is 15.3 Å². The predicted molar refractivity (Wildman–Crippen MR) is 95.0 cm³/mol. The summed E-state index contributed by atoms with van der Waals surface area (Å²) in [6.07, 6.45) is 1.79. The summed E-state index contributed by atoms with van der Waals surface area (Å²) in [4.78, 5) is 8.20. The lowest BCUT2D eigenvalue weighted by molar-refractivity contribution is 0.0375. The molecule has 0 saturated heterocycles. The van der Waals surface area contributed by atoms with Crippen LogP contribution in [0.5, 0.6) is 0 Å². The van der Waals surface area contributed by atoms with E-state index in [9.17, 15) is 0 Å². The van der Waals surface area contributed by atoms with Crippen molar-refractivity contribution in [3.63, 3.8) is 0 Å². The summed E-state index contributed by atoms with van der Waals surface area (Å²) in [6.45, 7) is 3.89. The quantitative estimate of drug-likeness (QED) is 0.239. The molecular weight excluding hydrogens is 298 g/mol. The lowest BCUT2D eigenvalue weighted by Crippen LogP contribution is -2.30. The largest absolute Gasteiger partial charge is 0.381 e. The van der Waals surface area contributed by atoms with Crippen molar-refractivity contribution >= 4 is 0 Å². The van der Waals surface area contributed by atoms with Crippen molar-refractivity contribution in [3.8, 4) is 0 Å². The Hall–Kier alpha value is -2.11. The molecule has 0 amide bonds. The van der Waals surface area contributed by atoms with Gasteiger partial charge in [-0.1, -0.05) is 37.6 Å². The van der Waals surface area contributed by atoms with E-state index in [1.807, 2.05) is 6.92 Å². The van der Waals surface area contributed by atoms with Crippen LogP contribution < -0.4 is 0 Å². The fourth-order valence-corrected chi connectivity index (χ4v) is 1.91. The van der Waals surface area contributed by atoms with Gasteiger partial charge in [-0.25, -0.2) is 0 Å². The molecule has 0 aromatic heterocycles. The highest BCUT2D eigenvalue weighted by Crippen LogP contribution is 2.32. The van der Waals surface area contributed by atoms with E-state index in [2.05, 4.69) is 30.1 Å². The number of ether oxygens (including phenoxy) is 1. The van der Waals surface area contributed by atoms with E-state index in [0.29, 0.717) is 52.1 Å². The van der Waals surface area contributed by atoms with Crippen LogP contribution in [0.4, 0.5) is 0 Å². The van der Waals surface area contributed by atoms with Gasteiger partial charge in [-0.2, -0.15) is 0 Å². The minimum atomic E-state index is -0.313. The molecule has 0 aliphatic heterocycles. The summed E-state index contributed by atoms with van der Waals surface area (Å²) in [5.41, 5.74) is 24.8. The van der Waals surface area contributed by atoms with Crippen LogP contribution in [0, 0.1) is 5.41 Å². The first-order valence-electron chi connectivity index (χ1n) is 6.35. The van der Waals surface area contributed by atoms with Gasteiger partial charge in [-0.15, -0.1) is 0 Å². The number of hydrogen-bond acceptors (Lipinski definition) is 4. The molecule has 0 rings (SSSR count). The third kappa shape index (κ3) is 14.6. The van der Waals surface area contributed by atoms with E-state index in [1.54, 1.807) is 0 Å². The summed E-state index contributed by atoms with van der Waals surface area (Å²) >= 11 is 0. The molecule has 23 heavy (non-hydrogen) atoms. The van der Waals surface area contributed by atoms with Crippen LogP contribution in [0.2, 0.25) is 0 Å². The minimum Gasteiger partial charge on any atom is -0.381 e. The van der Waals surface area contributed by atoms with Crippen LogP contribution in [0.25, 0.3) is 31.3 Å². The van der Waals surface area contributed by atoms with Gasteiger partial charge in [0.2, 0.25) is 0 Å². The molecule has 0 bridgehead atoms. The fourth-order valence-electron chi connectivity index (χ4n) is 1.91. The number of hydrogen-bond donors (Lipinski definition) is 0. The van der Waals surface area contributed by atoms with Gasteiger partial charge in [0.25, 0.3) is 0 Å². The maximum atomic E-state index is 8.36. The molecule has 10 nitrogen and oxygen atoms in total. The lowest BCUT2D eigenvalue weighted by atomic mass is 9.78. The van der Waals surface area contributed by atoms with Gasteiger partial charge in [0, 0.05) is 41.0 Å². The Bertz CT molecular complexity index is 353. The molecular formula is C13H31N9O. The summed E-state index contributed by atoms with van der Waals surface area (Å²) in [7, 11) is 0. The van der Waals surface area contributed by atoms with Crippen LogP contribution in [-0.4, -0.2) is 32.8 Å². The molecule has 0 fully saturated rings. The molecule has 0 heterocycles. The van der Waals surface area contributed by atoms with Crippen LogP contribution in [0.3, 0.4) is 0 Å². The summed E-state index contributed by atoms with van der Waals surface area (Å²) in [5, 5.41) is 10.6. The first-order valence-corrected chi connectivity index (χ1v) is 6.35. The smallest absolute Gasteiger partial charge is 0.0522 e. The van der Waals surface area contributed by atoms with Gasteiger partial charge in [0.05, 0.1) is 6.61 Å². The summed E-state index contributed by atoms with van der Waals surface area (Å²) in [6, 6.07) is 0. The predicted octanol–water partition coefficient (Wildman–Crippen LogP) is 6.02. The van der Waals surface area contributed by atoms with Crippen molar-refractivity contribution in [1.82, 2.24) is 0 Å². The maximum absolute atomic E-state index is 8.36. The van der Waals surface area contributed by atoms with Crippen LogP contribution >= 0.6 is 0 Å². The first kappa shape index (κ1) is 29.0. The zero-order valence-corrected chi connectivity index (χ0v) is 11.6. The van der Waals surface area contributed by atoms with E-state index < -0.39 is 0 Å². The van der Waals surface area contributed by atoms with E-state index in [4.69, 9.17) is 21.3 Å². The second-order valence-corrected chi connectivity index (χ2v) is 4.25. The highest BCUT2D eigenvalue weighted by Gasteiger charge is 2.28. The molecule has 10 heteroatoms. The number of rotatable bonds is 12. The average molecular weight is 329 g/mol. The Morgan fingerprint density at radius 2 is 1.13 bits per heavy atom. The van der Waals surface area contributed by atoms with Crippen molar-refractivity contribution in [2.24, 2.45) is 20.8 Å². The van der Waals surface area contributed by atoms with E-state index >= 15 is 0 Å². The number of azide groups is 3. The second-order valence-electron chi connectivity index (χ2n) is 4.25. The van der Waals surface area contributed by atoms with Gasteiger partial charge < -0.3 is 4.74 Å². The fraction of sp³-hybridized carbons (Fsp3) is 1.00. The molecule has 0 N–H and O–H groups in total. The highest BCUT2D eigenvalue weighted by atomic mass is 16.5. The van der Waals surface area contributed by atoms with E-state index in [0.717, 1.165) is 0 Å². The molecule has 0 aromatic carbocycles. The topological polar surface area (TPSA) is 156 Å². The number of nitrogens with zero attached hydrogens (tertiary/aromatic N) is 9. The van der Waals surface area contributed by atoms with Gasteiger partial charge in [0.15, 0.2) is 0 Å². The lowest BCUT2D eigenvalue weighted by Gasteiger charge is -2.32. The van der Waals surface area contributed by atoms with Crippen LogP contribution in [0.1, 0.15) is 48.5 Å². The SMILES string of the molecule is C.C.C.CCOCC(CCN=[N+]=[N-])(CCN=[N+]=[N-])CCN=[N+]=[N-]. The molecule has 0 unspecified atom stereocenters. The van der Waals surface area contributed by atoms with E-state index in [1.165, 1.54) is 0 Å². The zero-order chi connectivity index (χ0) is 15.1. The Morgan fingerprint density at radius 3 is 1.39 bits per heavy atom. The highest BCUT2D eigenvalue weighted by molar-refractivity contribution is 4.82. The Morgan fingerprint density at radius 1 is 0.783 bits per heavy atom. The monoisotopic (exact) mass is 329 g/mol. The van der Waals surface area contributed by atoms with Gasteiger partial charge in [-0.3, -0.25) is 0 Å². The molecule has 0 spiro atoms. The van der Waals surface area contributed by atoms with Crippen molar-refractivity contribution in [2.45, 2.75) is 48.5 Å². The van der Waals surface area contributed by atoms with E-state index in [-0.39, 0.29) is 27.7 Å². The molecule has 0 aliphatic carbocycles. The molecule has 134 valence electrons. The molecule has 0 radical (unpaired) electrons. The third-order valence-corrected chi connectivity index (χ3v) is 3.03. The summed E-state index contributed by atoms with van der Waals surface area (Å²) in [5.74, 6) is 0. The second kappa shape index (κ2) is 19.9. The van der Waals surface area contributed by atoms with Crippen LogP contribution in [-0.2, 0) is 4.74 Å². The Kier molecular flexibility index (Phi) is 25.1. The van der Waals surface area contributed by atoms with Crippen molar-refractivity contribution in [1.29, 1.82) is 0 Å². The molecule has 0 aromatic rings. The Balaban J connectivity index is -0.000000602. The zero-order valence-electron chi connectivity index (χ0n) is 11.6. The van der Waals surface area contributed by atoms with Gasteiger partial charge in [-0.05, 0) is 48.2 Å². The van der Waals surface area contributed by atoms with Crippen molar-refractivity contribution < 1.29 is 4.74 Å².